The van der Waals surface area contributed by atoms with Crippen LogP contribution in [-0.2, 0) is 9.59 Å². The molecule has 3 aromatic rings. The fraction of sp³-hybridized carbons (Fsp3) is 0.0435. The van der Waals surface area contributed by atoms with Crippen molar-refractivity contribution in [2.45, 2.75) is 6.04 Å². The minimum absolute atomic E-state index is 0.263. The van der Waals surface area contributed by atoms with Gasteiger partial charge in [0.1, 0.15) is 17.4 Å². The van der Waals surface area contributed by atoms with Gasteiger partial charge in [0.05, 0.1) is 0 Å². The quantitative estimate of drug-likeness (QED) is 0.608. The van der Waals surface area contributed by atoms with E-state index in [1.54, 1.807) is 36.4 Å². The predicted octanol–water partition coefficient (Wildman–Crippen LogP) is 3.98. The topological polar surface area (TPSA) is 78.4 Å². The van der Waals surface area contributed by atoms with Crippen LogP contribution in [-0.4, -0.2) is 16.9 Å². The maximum absolute atomic E-state index is 12.6. The normalized spacial score (nSPS) is 16.0. The molecule has 138 valence electrons. The summed E-state index contributed by atoms with van der Waals surface area (Å²) in [5, 5.41) is 15.8. The molecule has 1 unspecified atom stereocenters. The van der Waals surface area contributed by atoms with Crippen LogP contribution in [0, 0.1) is 0 Å². The first-order valence-electron chi connectivity index (χ1n) is 8.89. The molecule has 5 nitrogen and oxygen atoms in total. The monoisotopic (exact) mass is 370 g/mol. The van der Waals surface area contributed by atoms with E-state index in [9.17, 15) is 14.7 Å². The highest BCUT2D eigenvalue weighted by atomic mass is 16.3. The summed E-state index contributed by atoms with van der Waals surface area (Å²) in [6.07, 6.45) is 0. The number of anilines is 1. The average Bonchev–Trinajstić information content (AvgIpc) is 3.04. The van der Waals surface area contributed by atoms with Gasteiger partial charge in [0.25, 0.3) is 11.8 Å². The summed E-state index contributed by atoms with van der Waals surface area (Å²) in [6, 6.07) is 25.5. The predicted molar refractivity (Wildman–Crippen MR) is 107 cm³/mol. The van der Waals surface area contributed by atoms with Crippen LogP contribution in [0.1, 0.15) is 11.6 Å². The Morgan fingerprint density at radius 3 is 2.04 bits per heavy atom. The molecule has 0 radical (unpaired) electrons. The molecule has 0 fully saturated rings. The molecule has 0 spiro atoms. The lowest BCUT2D eigenvalue weighted by molar-refractivity contribution is -0.120. The molecule has 3 aromatic carbocycles. The van der Waals surface area contributed by atoms with E-state index >= 15 is 0 Å². The van der Waals surface area contributed by atoms with Crippen molar-refractivity contribution in [3.05, 3.63) is 102 Å². The van der Waals surface area contributed by atoms with Crippen LogP contribution >= 0.6 is 0 Å². The smallest absolute Gasteiger partial charge is 0.264 e. The lowest BCUT2D eigenvalue weighted by Gasteiger charge is -2.10. The second-order valence-corrected chi connectivity index (χ2v) is 6.47. The van der Waals surface area contributed by atoms with Crippen LogP contribution in [0.25, 0.3) is 11.1 Å². The molecule has 0 aromatic heterocycles. The van der Waals surface area contributed by atoms with E-state index in [1.165, 1.54) is 0 Å². The number of benzene rings is 3. The van der Waals surface area contributed by atoms with Crippen molar-refractivity contribution in [2.75, 3.05) is 5.32 Å². The van der Waals surface area contributed by atoms with Crippen LogP contribution < -0.4 is 10.6 Å². The number of nitrogens with one attached hydrogen (secondary N) is 2. The van der Waals surface area contributed by atoms with Crippen molar-refractivity contribution in [1.29, 1.82) is 0 Å². The first kappa shape index (κ1) is 17.5. The number of carbonyl (C=O) groups is 2. The Kier molecular flexibility index (Phi) is 4.64. The molecule has 1 atom stereocenters. The maximum atomic E-state index is 12.6. The van der Waals surface area contributed by atoms with Crippen LogP contribution in [0.5, 0.6) is 0 Å². The second kappa shape index (κ2) is 7.40. The third-order valence-corrected chi connectivity index (χ3v) is 4.64. The molecule has 0 aliphatic carbocycles. The SMILES string of the molecule is O=C(Nc1ccc(-c2ccccc2)cc1)C1=C(O)C(c2ccccc2)NC1=O. The van der Waals surface area contributed by atoms with Crippen molar-refractivity contribution in [3.8, 4) is 11.1 Å². The van der Waals surface area contributed by atoms with Gasteiger partial charge in [-0.1, -0.05) is 72.8 Å². The Morgan fingerprint density at radius 2 is 1.39 bits per heavy atom. The fourth-order valence-electron chi connectivity index (χ4n) is 3.21. The van der Waals surface area contributed by atoms with E-state index in [1.807, 2.05) is 48.5 Å². The summed E-state index contributed by atoms with van der Waals surface area (Å²) < 4.78 is 0. The summed E-state index contributed by atoms with van der Waals surface area (Å²) >= 11 is 0. The number of hydrogen-bond donors (Lipinski definition) is 3. The van der Waals surface area contributed by atoms with Crippen molar-refractivity contribution in [1.82, 2.24) is 5.32 Å². The van der Waals surface area contributed by atoms with Gasteiger partial charge in [-0.25, -0.2) is 0 Å². The Balaban J connectivity index is 1.53. The Bertz CT molecular complexity index is 1040. The van der Waals surface area contributed by atoms with E-state index in [2.05, 4.69) is 10.6 Å². The number of aliphatic hydroxyl groups is 1. The molecular formula is C23H18N2O3. The molecule has 5 heteroatoms. The zero-order valence-electron chi connectivity index (χ0n) is 14.9. The summed E-state index contributed by atoms with van der Waals surface area (Å²) in [5.41, 5.74) is 3.08. The average molecular weight is 370 g/mol. The number of aliphatic hydroxyl groups excluding tert-OH is 1. The van der Waals surface area contributed by atoms with Crippen molar-refractivity contribution in [3.63, 3.8) is 0 Å². The molecular weight excluding hydrogens is 352 g/mol. The molecule has 0 saturated carbocycles. The number of rotatable bonds is 4. The van der Waals surface area contributed by atoms with Crippen LogP contribution in [0.3, 0.4) is 0 Å². The highest BCUT2D eigenvalue weighted by Gasteiger charge is 2.36. The number of hydrogen-bond acceptors (Lipinski definition) is 3. The van der Waals surface area contributed by atoms with E-state index in [-0.39, 0.29) is 11.3 Å². The van der Waals surface area contributed by atoms with Crippen LogP contribution in [0.15, 0.2) is 96.3 Å². The minimum Gasteiger partial charge on any atom is -0.509 e. The number of carbonyl (C=O) groups excluding carboxylic acids is 2. The minimum atomic E-state index is -0.713. The summed E-state index contributed by atoms with van der Waals surface area (Å²) in [4.78, 5) is 24.8. The van der Waals surface area contributed by atoms with Gasteiger partial charge in [0.15, 0.2) is 0 Å². The van der Waals surface area contributed by atoms with Crippen molar-refractivity contribution in [2.24, 2.45) is 0 Å². The Morgan fingerprint density at radius 1 is 0.821 bits per heavy atom. The molecule has 0 saturated heterocycles. The first-order chi connectivity index (χ1) is 13.6. The molecule has 1 heterocycles. The maximum Gasteiger partial charge on any atom is 0.264 e. The van der Waals surface area contributed by atoms with Crippen molar-refractivity contribution >= 4 is 17.5 Å². The van der Waals surface area contributed by atoms with Gasteiger partial charge in [-0.3, -0.25) is 9.59 Å². The van der Waals surface area contributed by atoms with E-state index in [4.69, 9.17) is 0 Å². The van der Waals surface area contributed by atoms with Crippen LogP contribution in [0.2, 0.25) is 0 Å². The highest BCUT2D eigenvalue weighted by Crippen LogP contribution is 2.29. The van der Waals surface area contributed by atoms with E-state index in [0.29, 0.717) is 11.3 Å². The van der Waals surface area contributed by atoms with E-state index < -0.39 is 17.9 Å². The van der Waals surface area contributed by atoms with Gasteiger partial charge in [0.2, 0.25) is 0 Å². The van der Waals surface area contributed by atoms with Gasteiger partial charge in [-0.05, 0) is 28.8 Å². The Labute approximate surface area is 162 Å². The molecule has 4 rings (SSSR count). The van der Waals surface area contributed by atoms with Crippen molar-refractivity contribution < 1.29 is 14.7 Å². The van der Waals surface area contributed by atoms with E-state index in [0.717, 1.165) is 11.1 Å². The summed E-state index contributed by atoms with van der Waals surface area (Å²) in [5.74, 6) is -1.50. The molecule has 28 heavy (non-hydrogen) atoms. The molecule has 1 aliphatic heterocycles. The third kappa shape index (κ3) is 3.38. The lowest BCUT2D eigenvalue weighted by Crippen LogP contribution is -2.26. The fourth-order valence-corrected chi connectivity index (χ4v) is 3.21. The summed E-state index contributed by atoms with van der Waals surface area (Å²) in [7, 11) is 0. The van der Waals surface area contributed by atoms with Gasteiger partial charge >= 0.3 is 0 Å². The number of amides is 2. The van der Waals surface area contributed by atoms with Gasteiger partial charge in [-0.15, -0.1) is 0 Å². The first-order valence-corrected chi connectivity index (χ1v) is 8.89. The summed E-state index contributed by atoms with van der Waals surface area (Å²) in [6.45, 7) is 0. The lowest BCUT2D eigenvalue weighted by atomic mass is 10.0. The standard InChI is InChI=1S/C23H18N2O3/c26-21-19(23(28)25-20(21)17-9-5-2-6-10-17)22(27)24-18-13-11-16(12-14-18)15-7-3-1-4-8-15/h1-14,20,26H,(H,24,27)(H,25,28). The van der Waals surface area contributed by atoms with Gasteiger partial charge in [-0.2, -0.15) is 0 Å². The van der Waals surface area contributed by atoms with Gasteiger partial charge in [0, 0.05) is 5.69 Å². The Hall–Kier alpha value is -3.86. The zero-order chi connectivity index (χ0) is 19.5. The molecule has 0 bridgehead atoms. The second-order valence-electron chi connectivity index (χ2n) is 6.47. The third-order valence-electron chi connectivity index (χ3n) is 4.64. The molecule has 3 N–H and O–H groups in total. The zero-order valence-corrected chi connectivity index (χ0v) is 14.9. The molecule has 2 amide bonds. The van der Waals surface area contributed by atoms with Gasteiger partial charge < -0.3 is 15.7 Å². The largest absolute Gasteiger partial charge is 0.509 e. The van der Waals surface area contributed by atoms with Crippen LogP contribution in [0.4, 0.5) is 5.69 Å². The molecule has 1 aliphatic rings. The highest BCUT2D eigenvalue weighted by molar-refractivity contribution is 6.24.